The highest BCUT2D eigenvalue weighted by atomic mass is 32.2. The quantitative estimate of drug-likeness (QED) is 0.467. The van der Waals surface area contributed by atoms with Crippen molar-refractivity contribution in [1.82, 2.24) is 10.2 Å². The lowest BCUT2D eigenvalue weighted by molar-refractivity contribution is 0.0680. The molecule has 4 rings (SSSR count). The number of nitrogens with one attached hydrogen (secondary N) is 1. The Morgan fingerprint density at radius 2 is 1.91 bits per heavy atom. The van der Waals surface area contributed by atoms with Gasteiger partial charge < -0.3 is 15.5 Å². The maximum atomic E-state index is 13.7. The molecule has 0 aromatic heterocycles. The topological polar surface area (TPSA) is 55.7 Å². The third kappa shape index (κ3) is 5.44. The van der Waals surface area contributed by atoms with Crippen LogP contribution in [-0.2, 0) is 13.0 Å². The first-order valence-electron chi connectivity index (χ1n) is 11.0. The summed E-state index contributed by atoms with van der Waals surface area (Å²) in [6.45, 7) is 5.19. The van der Waals surface area contributed by atoms with Gasteiger partial charge in [-0.25, -0.2) is 4.39 Å². The predicted molar refractivity (Wildman–Crippen MR) is 130 cm³/mol. The van der Waals surface area contributed by atoms with E-state index < -0.39 is 11.9 Å². The Bertz CT molecular complexity index is 1070. The third-order valence-corrected chi connectivity index (χ3v) is 7.24. The van der Waals surface area contributed by atoms with Crippen LogP contribution in [0.15, 0.2) is 60.7 Å². The number of thioether (sulfide) groups is 1. The lowest BCUT2D eigenvalue weighted by atomic mass is 9.93. The molecule has 1 aliphatic rings. The van der Waals surface area contributed by atoms with Gasteiger partial charge in [0.05, 0.1) is 6.10 Å². The maximum Gasteiger partial charge on any atom is 0.165 e. The van der Waals surface area contributed by atoms with Crippen molar-refractivity contribution >= 4 is 22.5 Å². The van der Waals surface area contributed by atoms with E-state index in [9.17, 15) is 14.6 Å². The van der Waals surface area contributed by atoms with E-state index in [4.69, 9.17) is 0 Å². The van der Waals surface area contributed by atoms with E-state index in [1.807, 2.05) is 0 Å². The average Bonchev–Trinajstić information content (AvgIpc) is 3.23. The Kier molecular flexibility index (Phi) is 7.05. The second-order valence-corrected chi connectivity index (χ2v) is 10.3. The predicted octanol–water partition coefficient (Wildman–Crippen LogP) is 4.53. The number of para-hydroxylation sites is 1. The fourth-order valence-electron chi connectivity index (χ4n) is 4.35. The molecular weight excluding hydrogens is 423 g/mol. The molecule has 0 aliphatic carbocycles. The summed E-state index contributed by atoms with van der Waals surface area (Å²) >= 11 is 1.75. The van der Waals surface area contributed by atoms with E-state index in [2.05, 4.69) is 66.5 Å². The Balaban J connectivity index is 1.35. The molecule has 0 saturated carbocycles. The number of fused-ring (bicyclic) bond motifs is 1. The zero-order valence-electron chi connectivity index (χ0n) is 18.6. The lowest BCUT2D eigenvalue weighted by Gasteiger charge is -2.32. The Morgan fingerprint density at radius 1 is 1.12 bits per heavy atom. The molecule has 1 saturated heterocycles. The molecule has 3 N–H and O–H groups in total. The Morgan fingerprint density at radius 3 is 2.72 bits per heavy atom. The van der Waals surface area contributed by atoms with Gasteiger partial charge in [0, 0.05) is 41.9 Å². The van der Waals surface area contributed by atoms with Crippen LogP contribution in [0.5, 0.6) is 5.75 Å². The first-order valence-corrected chi connectivity index (χ1v) is 12.2. The summed E-state index contributed by atoms with van der Waals surface area (Å²) in [5.74, 6) is 0.651. The molecule has 3 aromatic carbocycles. The van der Waals surface area contributed by atoms with Gasteiger partial charge in [-0.2, -0.15) is 0 Å². The summed E-state index contributed by atoms with van der Waals surface area (Å²) in [4.78, 5) is 2.11. The minimum Gasteiger partial charge on any atom is -0.505 e. The number of hydrogen-bond acceptors (Lipinski definition) is 5. The van der Waals surface area contributed by atoms with Gasteiger partial charge in [0.1, 0.15) is 0 Å². The minimum atomic E-state index is -0.608. The second kappa shape index (κ2) is 9.79. The monoisotopic (exact) mass is 454 g/mol. The molecule has 0 spiro atoms. The van der Waals surface area contributed by atoms with Gasteiger partial charge in [-0.05, 0) is 42.7 Å². The summed E-state index contributed by atoms with van der Waals surface area (Å²) in [5.41, 5.74) is 1.63. The van der Waals surface area contributed by atoms with Crippen LogP contribution in [0.4, 0.5) is 4.39 Å². The van der Waals surface area contributed by atoms with Crippen molar-refractivity contribution in [1.29, 1.82) is 0 Å². The molecule has 2 atom stereocenters. The number of aliphatic hydroxyl groups is 1. The first kappa shape index (κ1) is 23.1. The standard InChI is InChI=1S/C26H31FN2O2S/c1-26(2,13-18-10-11-19-6-3-4-7-20(19)12-18)28-14-24(30)23-16-32-17-29(23)15-21-8-5-9-22(27)25(21)31/h3-12,23-24,28,30-31H,13-17H2,1-2H3. The summed E-state index contributed by atoms with van der Waals surface area (Å²) in [5, 5.41) is 27.0. The van der Waals surface area contributed by atoms with Gasteiger partial charge in [-0.3, -0.25) is 4.90 Å². The van der Waals surface area contributed by atoms with Crippen LogP contribution in [0, 0.1) is 5.82 Å². The van der Waals surface area contributed by atoms with Gasteiger partial charge in [-0.15, -0.1) is 11.8 Å². The molecule has 0 amide bonds. The van der Waals surface area contributed by atoms with Crippen molar-refractivity contribution in [3.05, 3.63) is 77.6 Å². The number of benzene rings is 3. The normalized spacial score (nSPS) is 18.3. The number of aliphatic hydroxyl groups excluding tert-OH is 1. The molecule has 2 unspecified atom stereocenters. The summed E-state index contributed by atoms with van der Waals surface area (Å²) < 4.78 is 13.7. The van der Waals surface area contributed by atoms with E-state index in [0.29, 0.717) is 18.7 Å². The number of β-amino-alcohol motifs (C(OH)–C–C–N with tert-alkyl or cyclic N) is 1. The lowest BCUT2D eigenvalue weighted by Crippen LogP contribution is -2.50. The van der Waals surface area contributed by atoms with Crippen LogP contribution >= 0.6 is 11.8 Å². The molecule has 6 heteroatoms. The molecule has 3 aromatic rings. The number of hydrogen-bond donors (Lipinski definition) is 3. The van der Waals surface area contributed by atoms with Gasteiger partial charge >= 0.3 is 0 Å². The molecule has 0 radical (unpaired) electrons. The van der Waals surface area contributed by atoms with E-state index in [0.717, 1.165) is 18.1 Å². The van der Waals surface area contributed by atoms with E-state index >= 15 is 0 Å². The molecule has 0 bridgehead atoms. The van der Waals surface area contributed by atoms with E-state index in [-0.39, 0.29) is 17.3 Å². The number of aromatic hydroxyl groups is 1. The highest BCUT2D eigenvalue weighted by Crippen LogP contribution is 2.29. The van der Waals surface area contributed by atoms with Crippen molar-refractivity contribution in [2.24, 2.45) is 0 Å². The van der Waals surface area contributed by atoms with Crippen LogP contribution in [0.25, 0.3) is 10.8 Å². The van der Waals surface area contributed by atoms with E-state index in [1.54, 1.807) is 23.9 Å². The first-order chi connectivity index (χ1) is 15.3. The third-order valence-electron chi connectivity index (χ3n) is 6.15. The van der Waals surface area contributed by atoms with Crippen LogP contribution < -0.4 is 5.32 Å². The number of rotatable bonds is 8. The molecule has 4 nitrogen and oxygen atoms in total. The fraction of sp³-hybridized carbons (Fsp3) is 0.385. The van der Waals surface area contributed by atoms with Gasteiger partial charge in [0.25, 0.3) is 0 Å². The minimum absolute atomic E-state index is 0.0494. The highest BCUT2D eigenvalue weighted by Gasteiger charge is 2.32. The SMILES string of the molecule is CC(C)(Cc1ccc2ccccc2c1)NCC(O)C1CSCN1Cc1cccc(F)c1O. The van der Waals surface area contributed by atoms with Gasteiger partial charge in [-0.1, -0.05) is 54.6 Å². The molecule has 1 fully saturated rings. The second-order valence-electron chi connectivity index (χ2n) is 9.25. The number of phenols is 1. The van der Waals surface area contributed by atoms with Crippen molar-refractivity contribution in [2.75, 3.05) is 18.2 Å². The van der Waals surface area contributed by atoms with Crippen LogP contribution in [0.3, 0.4) is 0 Å². The summed E-state index contributed by atoms with van der Waals surface area (Å²) in [7, 11) is 0. The van der Waals surface area contributed by atoms with Crippen molar-refractivity contribution in [2.45, 2.75) is 44.5 Å². The zero-order valence-corrected chi connectivity index (χ0v) is 19.4. The fourth-order valence-corrected chi connectivity index (χ4v) is 5.65. The molecule has 1 aliphatic heterocycles. The van der Waals surface area contributed by atoms with Crippen molar-refractivity contribution < 1.29 is 14.6 Å². The van der Waals surface area contributed by atoms with Gasteiger partial charge in [0.2, 0.25) is 0 Å². The largest absolute Gasteiger partial charge is 0.505 e. The molecule has 170 valence electrons. The molecule has 1 heterocycles. The zero-order chi connectivity index (χ0) is 22.7. The number of halogens is 1. The van der Waals surface area contributed by atoms with Crippen molar-refractivity contribution in [3.63, 3.8) is 0 Å². The van der Waals surface area contributed by atoms with Crippen LogP contribution in [-0.4, -0.2) is 51.0 Å². The smallest absolute Gasteiger partial charge is 0.165 e. The highest BCUT2D eigenvalue weighted by molar-refractivity contribution is 7.99. The summed E-state index contributed by atoms with van der Waals surface area (Å²) in [6, 6.07) is 19.5. The Hall–Kier alpha value is -2.12. The average molecular weight is 455 g/mol. The van der Waals surface area contributed by atoms with Crippen molar-refractivity contribution in [3.8, 4) is 5.75 Å². The molecule has 32 heavy (non-hydrogen) atoms. The summed E-state index contributed by atoms with van der Waals surface area (Å²) in [6.07, 6.45) is 0.293. The molecular formula is C26H31FN2O2S. The maximum absolute atomic E-state index is 13.7. The van der Waals surface area contributed by atoms with Gasteiger partial charge in [0.15, 0.2) is 11.6 Å². The number of nitrogens with zero attached hydrogens (tertiary/aromatic N) is 1. The van der Waals surface area contributed by atoms with E-state index in [1.165, 1.54) is 22.4 Å². The number of phenolic OH excluding ortho intramolecular Hbond substituents is 1. The van der Waals surface area contributed by atoms with Crippen LogP contribution in [0.1, 0.15) is 25.0 Å². The van der Waals surface area contributed by atoms with Crippen LogP contribution in [0.2, 0.25) is 0 Å². The Labute approximate surface area is 193 Å².